The van der Waals surface area contributed by atoms with Gasteiger partial charge in [-0.25, -0.2) is 4.39 Å². The number of benzene rings is 2. The molecule has 0 aliphatic carbocycles. The van der Waals surface area contributed by atoms with Crippen LogP contribution < -0.4 is 10.6 Å². The molecule has 0 spiro atoms. The monoisotopic (exact) mass is 385 g/mol. The van der Waals surface area contributed by atoms with Crippen molar-refractivity contribution in [3.63, 3.8) is 0 Å². The molecule has 2 aromatic carbocycles. The van der Waals surface area contributed by atoms with Crippen LogP contribution in [0.4, 0.5) is 21.5 Å². The number of hydrogen-bond donors (Lipinski definition) is 2. The summed E-state index contributed by atoms with van der Waals surface area (Å²) in [7, 11) is 0. The van der Waals surface area contributed by atoms with Crippen molar-refractivity contribution in [1.82, 2.24) is 4.98 Å². The predicted octanol–water partition coefficient (Wildman–Crippen LogP) is 4.98. The summed E-state index contributed by atoms with van der Waals surface area (Å²) in [5.74, 6) is -0.655. The van der Waals surface area contributed by atoms with Crippen LogP contribution >= 0.6 is 15.9 Å². The van der Waals surface area contributed by atoms with Crippen molar-refractivity contribution in [3.8, 4) is 0 Å². The van der Waals surface area contributed by atoms with E-state index in [1.54, 1.807) is 36.4 Å². The Labute approximate surface area is 146 Å². The topological polar surface area (TPSA) is 54.0 Å². The predicted molar refractivity (Wildman–Crippen MR) is 96.0 cm³/mol. The van der Waals surface area contributed by atoms with E-state index in [4.69, 9.17) is 0 Å². The SMILES string of the molecule is O=C(Nc1cccc(Br)c1)c1cc(Nc2cccc(F)c2)ccn1. The molecule has 0 saturated heterocycles. The van der Waals surface area contributed by atoms with E-state index in [0.717, 1.165) is 4.47 Å². The molecule has 3 aromatic rings. The number of carbonyl (C=O) groups excluding carboxylic acids is 1. The van der Waals surface area contributed by atoms with Crippen LogP contribution in [0.25, 0.3) is 0 Å². The number of hydrogen-bond acceptors (Lipinski definition) is 3. The minimum Gasteiger partial charge on any atom is -0.355 e. The van der Waals surface area contributed by atoms with Crippen molar-refractivity contribution in [2.45, 2.75) is 0 Å². The van der Waals surface area contributed by atoms with Crippen LogP contribution in [0.5, 0.6) is 0 Å². The largest absolute Gasteiger partial charge is 0.355 e. The van der Waals surface area contributed by atoms with E-state index in [-0.39, 0.29) is 17.4 Å². The molecule has 0 bridgehead atoms. The molecular weight excluding hydrogens is 373 g/mol. The van der Waals surface area contributed by atoms with Gasteiger partial charge in [-0.1, -0.05) is 28.1 Å². The lowest BCUT2D eigenvalue weighted by molar-refractivity contribution is 0.102. The quantitative estimate of drug-likeness (QED) is 0.665. The maximum atomic E-state index is 13.2. The highest BCUT2D eigenvalue weighted by atomic mass is 79.9. The maximum Gasteiger partial charge on any atom is 0.274 e. The van der Waals surface area contributed by atoms with Crippen LogP contribution in [0.1, 0.15) is 10.5 Å². The minimum atomic E-state index is -0.332. The van der Waals surface area contributed by atoms with Gasteiger partial charge >= 0.3 is 0 Å². The molecule has 0 aliphatic rings. The van der Waals surface area contributed by atoms with Crippen molar-refractivity contribution in [1.29, 1.82) is 0 Å². The van der Waals surface area contributed by atoms with Crippen molar-refractivity contribution in [3.05, 3.63) is 82.8 Å². The summed E-state index contributed by atoms with van der Waals surface area (Å²) >= 11 is 3.36. The van der Waals surface area contributed by atoms with Gasteiger partial charge < -0.3 is 10.6 Å². The standard InChI is InChI=1S/C18H13BrFN3O/c19-12-3-1-5-14(9-12)23-18(24)17-11-16(7-8-21-17)22-15-6-2-4-13(20)10-15/h1-11H,(H,21,22)(H,23,24). The average Bonchev–Trinajstić information content (AvgIpc) is 2.55. The summed E-state index contributed by atoms with van der Waals surface area (Å²) in [5, 5.41) is 5.83. The molecule has 0 radical (unpaired) electrons. The van der Waals surface area contributed by atoms with Crippen LogP contribution in [-0.2, 0) is 0 Å². The van der Waals surface area contributed by atoms with Gasteiger partial charge in [0.05, 0.1) is 0 Å². The van der Waals surface area contributed by atoms with Crippen molar-refractivity contribution < 1.29 is 9.18 Å². The molecule has 1 amide bonds. The van der Waals surface area contributed by atoms with Crippen LogP contribution in [0.3, 0.4) is 0 Å². The van der Waals surface area contributed by atoms with Crippen LogP contribution in [-0.4, -0.2) is 10.9 Å². The lowest BCUT2D eigenvalue weighted by Crippen LogP contribution is -2.13. The minimum absolute atomic E-state index is 0.261. The summed E-state index contributed by atoms with van der Waals surface area (Å²) in [4.78, 5) is 16.4. The zero-order chi connectivity index (χ0) is 16.9. The fourth-order valence-corrected chi connectivity index (χ4v) is 2.53. The smallest absolute Gasteiger partial charge is 0.274 e. The Hall–Kier alpha value is -2.73. The Morgan fingerprint density at radius 2 is 1.71 bits per heavy atom. The molecule has 4 nitrogen and oxygen atoms in total. The average molecular weight is 386 g/mol. The second-order valence-corrected chi connectivity index (χ2v) is 5.95. The van der Waals surface area contributed by atoms with Crippen LogP contribution in [0.2, 0.25) is 0 Å². The number of halogens is 2. The summed E-state index contributed by atoms with van der Waals surface area (Å²) < 4.78 is 14.1. The number of nitrogens with zero attached hydrogens (tertiary/aromatic N) is 1. The Kier molecular flexibility index (Phi) is 4.86. The van der Waals surface area contributed by atoms with Gasteiger partial charge in [0.1, 0.15) is 11.5 Å². The Morgan fingerprint density at radius 3 is 2.50 bits per heavy atom. The Bertz CT molecular complexity index is 885. The van der Waals surface area contributed by atoms with Gasteiger partial charge in [-0.2, -0.15) is 0 Å². The van der Waals surface area contributed by atoms with E-state index in [9.17, 15) is 9.18 Å². The molecular formula is C18H13BrFN3O. The van der Waals surface area contributed by atoms with E-state index in [1.807, 2.05) is 12.1 Å². The summed E-state index contributed by atoms with van der Waals surface area (Å²) in [5.41, 5.74) is 2.17. The molecule has 0 saturated carbocycles. The molecule has 2 N–H and O–H groups in total. The number of aromatic nitrogens is 1. The maximum absolute atomic E-state index is 13.2. The van der Waals surface area contributed by atoms with Crippen molar-refractivity contribution in [2.75, 3.05) is 10.6 Å². The van der Waals surface area contributed by atoms with E-state index in [2.05, 4.69) is 31.5 Å². The third kappa shape index (κ3) is 4.17. The summed E-state index contributed by atoms with van der Waals surface area (Å²) in [6, 6.07) is 16.7. The Morgan fingerprint density at radius 1 is 0.958 bits per heavy atom. The molecule has 0 aliphatic heterocycles. The van der Waals surface area contributed by atoms with E-state index in [1.165, 1.54) is 18.3 Å². The van der Waals surface area contributed by atoms with E-state index in [0.29, 0.717) is 17.1 Å². The van der Waals surface area contributed by atoms with Gasteiger partial charge in [0.15, 0.2) is 0 Å². The van der Waals surface area contributed by atoms with Gasteiger partial charge in [-0.3, -0.25) is 9.78 Å². The van der Waals surface area contributed by atoms with Crippen molar-refractivity contribution in [2.24, 2.45) is 0 Å². The summed E-state index contributed by atoms with van der Waals surface area (Å²) in [6.45, 7) is 0. The van der Waals surface area contributed by atoms with Crippen LogP contribution in [0, 0.1) is 5.82 Å². The highest BCUT2D eigenvalue weighted by Crippen LogP contribution is 2.19. The van der Waals surface area contributed by atoms with Gasteiger partial charge in [0.25, 0.3) is 5.91 Å². The highest BCUT2D eigenvalue weighted by Gasteiger charge is 2.09. The van der Waals surface area contributed by atoms with Gasteiger partial charge in [0.2, 0.25) is 0 Å². The molecule has 3 rings (SSSR count). The second-order valence-electron chi connectivity index (χ2n) is 5.03. The first-order chi connectivity index (χ1) is 11.6. The van der Waals surface area contributed by atoms with Crippen LogP contribution in [0.15, 0.2) is 71.3 Å². The number of amides is 1. The molecule has 24 heavy (non-hydrogen) atoms. The molecule has 6 heteroatoms. The third-order valence-electron chi connectivity index (χ3n) is 3.19. The number of anilines is 3. The van der Waals surface area contributed by atoms with Gasteiger partial charge in [-0.05, 0) is 48.5 Å². The first kappa shape index (κ1) is 16.1. The molecule has 0 unspecified atom stereocenters. The number of rotatable bonds is 4. The molecule has 0 fully saturated rings. The van der Waals surface area contributed by atoms with Crippen molar-refractivity contribution >= 4 is 38.9 Å². The number of nitrogens with one attached hydrogen (secondary N) is 2. The lowest BCUT2D eigenvalue weighted by atomic mass is 10.2. The molecule has 1 aromatic heterocycles. The molecule has 0 atom stereocenters. The zero-order valence-electron chi connectivity index (χ0n) is 12.5. The zero-order valence-corrected chi connectivity index (χ0v) is 14.0. The van der Waals surface area contributed by atoms with Gasteiger partial charge in [0, 0.05) is 27.7 Å². The Balaban J connectivity index is 1.76. The normalized spacial score (nSPS) is 10.2. The fourth-order valence-electron chi connectivity index (χ4n) is 2.13. The summed E-state index contributed by atoms with van der Waals surface area (Å²) in [6.07, 6.45) is 1.53. The van der Waals surface area contributed by atoms with E-state index < -0.39 is 0 Å². The molecule has 1 heterocycles. The lowest BCUT2D eigenvalue weighted by Gasteiger charge is -2.09. The second kappa shape index (κ2) is 7.23. The van der Waals surface area contributed by atoms with E-state index >= 15 is 0 Å². The number of carbonyl (C=O) groups is 1. The highest BCUT2D eigenvalue weighted by molar-refractivity contribution is 9.10. The first-order valence-electron chi connectivity index (χ1n) is 7.16. The third-order valence-corrected chi connectivity index (χ3v) is 3.68. The molecule has 120 valence electrons. The fraction of sp³-hybridized carbons (Fsp3) is 0. The van der Waals surface area contributed by atoms with Gasteiger partial charge in [-0.15, -0.1) is 0 Å². The number of pyridine rings is 1. The first-order valence-corrected chi connectivity index (χ1v) is 7.95.